The molecular weight excluding hydrogens is 329 g/mol. The van der Waals surface area contributed by atoms with Gasteiger partial charge in [0.2, 0.25) is 5.88 Å². The summed E-state index contributed by atoms with van der Waals surface area (Å²) in [5, 5.41) is 8.32. The zero-order valence-corrected chi connectivity index (χ0v) is 14.7. The van der Waals surface area contributed by atoms with E-state index in [4.69, 9.17) is 21.4 Å². The SMILES string of the molecule is CNCc1cc(OCc2cc(F)ccc2Cl)n(C2CCCCC2)n1. The number of aromatic nitrogens is 2. The van der Waals surface area contributed by atoms with Crippen molar-refractivity contribution in [3.63, 3.8) is 0 Å². The molecule has 3 rings (SSSR count). The number of hydrogen-bond donors (Lipinski definition) is 1. The molecule has 0 amide bonds. The largest absolute Gasteiger partial charge is 0.473 e. The Balaban J connectivity index is 1.79. The molecule has 1 aliphatic rings. The van der Waals surface area contributed by atoms with Crippen molar-refractivity contribution < 1.29 is 9.13 Å². The average Bonchev–Trinajstić information content (AvgIpc) is 3.00. The van der Waals surface area contributed by atoms with E-state index in [1.807, 2.05) is 17.8 Å². The number of nitrogens with one attached hydrogen (secondary N) is 1. The standard InChI is InChI=1S/C18H23ClFN3O/c1-21-11-15-10-18(23(22-15)16-5-3-2-4-6-16)24-12-13-9-14(20)7-8-17(13)19/h7-10,16,21H,2-6,11-12H2,1H3. The fourth-order valence-corrected chi connectivity index (χ4v) is 3.37. The van der Waals surface area contributed by atoms with Crippen molar-refractivity contribution in [3.05, 3.63) is 46.4 Å². The smallest absolute Gasteiger partial charge is 0.212 e. The third-order valence-electron chi connectivity index (χ3n) is 4.41. The normalized spacial score (nSPS) is 15.6. The molecule has 1 aromatic carbocycles. The van der Waals surface area contributed by atoms with Crippen molar-refractivity contribution in [2.24, 2.45) is 0 Å². The van der Waals surface area contributed by atoms with Crippen LogP contribution in [0.3, 0.4) is 0 Å². The van der Waals surface area contributed by atoms with Crippen molar-refractivity contribution in [2.75, 3.05) is 7.05 Å². The van der Waals surface area contributed by atoms with Gasteiger partial charge in [-0.2, -0.15) is 5.10 Å². The summed E-state index contributed by atoms with van der Waals surface area (Å²) < 4.78 is 21.4. The van der Waals surface area contributed by atoms with Crippen LogP contribution in [-0.4, -0.2) is 16.8 Å². The van der Waals surface area contributed by atoms with Crippen LogP contribution in [0.1, 0.15) is 49.4 Å². The summed E-state index contributed by atoms with van der Waals surface area (Å²) in [7, 11) is 1.90. The van der Waals surface area contributed by atoms with Gasteiger partial charge in [0, 0.05) is 23.2 Å². The summed E-state index contributed by atoms with van der Waals surface area (Å²) >= 11 is 6.13. The van der Waals surface area contributed by atoms with E-state index in [2.05, 4.69) is 5.32 Å². The molecule has 1 fully saturated rings. The Hall–Kier alpha value is -1.59. The van der Waals surface area contributed by atoms with E-state index >= 15 is 0 Å². The Morgan fingerprint density at radius 1 is 1.29 bits per heavy atom. The molecule has 0 saturated heterocycles. The zero-order valence-electron chi connectivity index (χ0n) is 13.9. The van der Waals surface area contributed by atoms with Gasteiger partial charge in [0.25, 0.3) is 0 Å². The lowest BCUT2D eigenvalue weighted by Crippen LogP contribution is -2.16. The summed E-state index contributed by atoms with van der Waals surface area (Å²) in [5.74, 6) is 0.419. The van der Waals surface area contributed by atoms with Gasteiger partial charge in [-0.1, -0.05) is 30.9 Å². The second-order valence-corrected chi connectivity index (χ2v) is 6.67. The molecule has 1 aromatic heterocycles. The maximum absolute atomic E-state index is 13.4. The Kier molecular flexibility index (Phi) is 5.74. The Morgan fingerprint density at radius 3 is 2.83 bits per heavy atom. The van der Waals surface area contributed by atoms with Crippen LogP contribution in [0.25, 0.3) is 0 Å². The molecule has 0 atom stereocenters. The number of ether oxygens (including phenoxy) is 1. The molecule has 0 bridgehead atoms. The molecule has 1 N–H and O–H groups in total. The van der Waals surface area contributed by atoms with Gasteiger partial charge >= 0.3 is 0 Å². The first kappa shape index (κ1) is 17.2. The molecule has 1 heterocycles. The first-order chi connectivity index (χ1) is 11.7. The first-order valence-electron chi connectivity index (χ1n) is 8.47. The molecule has 24 heavy (non-hydrogen) atoms. The fourth-order valence-electron chi connectivity index (χ4n) is 3.19. The van der Waals surface area contributed by atoms with Crippen LogP contribution in [0.15, 0.2) is 24.3 Å². The highest BCUT2D eigenvalue weighted by atomic mass is 35.5. The van der Waals surface area contributed by atoms with E-state index in [0.29, 0.717) is 23.2 Å². The number of rotatable bonds is 6. The quantitative estimate of drug-likeness (QED) is 0.834. The molecule has 1 saturated carbocycles. The highest BCUT2D eigenvalue weighted by Gasteiger charge is 2.21. The Labute approximate surface area is 147 Å². The van der Waals surface area contributed by atoms with E-state index in [-0.39, 0.29) is 12.4 Å². The molecule has 6 heteroatoms. The predicted octanol–water partition coefficient (Wildman–Crippen LogP) is 4.48. The molecule has 130 valence electrons. The van der Waals surface area contributed by atoms with Gasteiger partial charge in [0.15, 0.2) is 0 Å². The van der Waals surface area contributed by atoms with Gasteiger partial charge in [0.1, 0.15) is 12.4 Å². The van der Waals surface area contributed by atoms with E-state index in [1.165, 1.54) is 31.4 Å². The van der Waals surface area contributed by atoms with E-state index in [9.17, 15) is 4.39 Å². The van der Waals surface area contributed by atoms with Crippen molar-refractivity contribution in [1.29, 1.82) is 0 Å². The monoisotopic (exact) mass is 351 g/mol. The molecule has 0 radical (unpaired) electrons. The minimum Gasteiger partial charge on any atom is -0.473 e. The number of hydrogen-bond acceptors (Lipinski definition) is 3. The lowest BCUT2D eigenvalue weighted by atomic mass is 9.96. The van der Waals surface area contributed by atoms with E-state index in [1.54, 1.807) is 6.07 Å². The van der Waals surface area contributed by atoms with Gasteiger partial charge < -0.3 is 10.1 Å². The van der Waals surface area contributed by atoms with Crippen LogP contribution in [0.5, 0.6) is 5.88 Å². The van der Waals surface area contributed by atoms with Crippen molar-refractivity contribution in [1.82, 2.24) is 15.1 Å². The van der Waals surface area contributed by atoms with Crippen molar-refractivity contribution in [2.45, 2.75) is 51.3 Å². The van der Waals surface area contributed by atoms with Crippen LogP contribution in [-0.2, 0) is 13.2 Å². The maximum Gasteiger partial charge on any atom is 0.212 e. The number of benzene rings is 1. The van der Waals surface area contributed by atoms with Crippen LogP contribution in [0.2, 0.25) is 5.02 Å². The second kappa shape index (κ2) is 7.99. The van der Waals surface area contributed by atoms with E-state index < -0.39 is 0 Å². The van der Waals surface area contributed by atoms with Gasteiger partial charge in [-0.3, -0.25) is 0 Å². The molecule has 0 aliphatic heterocycles. The molecule has 0 unspecified atom stereocenters. The van der Waals surface area contributed by atoms with Crippen LogP contribution in [0, 0.1) is 5.82 Å². The average molecular weight is 352 g/mol. The summed E-state index contributed by atoms with van der Waals surface area (Å²) in [6.07, 6.45) is 5.98. The van der Waals surface area contributed by atoms with Gasteiger partial charge in [0.05, 0.1) is 11.7 Å². The molecule has 4 nitrogen and oxygen atoms in total. The topological polar surface area (TPSA) is 39.1 Å². The van der Waals surface area contributed by atoms with Crippen molar-refractivity contribution >= 4 is 11.6 Å². The zero-order chi connectivity index (χ0) is 16.9. The number of halogens is 2. The summed E-state index contributed by atoms with van der Waals surface area (Å²) in [5.41, 5.74) is 1.59. The van der Waals surface area contributed by atoms with E-state index in [0.717, 1.165) is 24.4 Å². The highest BCUT2D eigenvalue weighted by Crippen LogP contribution is 2.32. The van der Waals surface area contributed by atoms with Crippen LogP contribution < -0.4 is 10.1 Å². The van der Waals surface area contributed by atoms with Crippen molar-refractivity contribution in [3.8, 4) is 5.88 Å². The van der Waals surface area contributed by atoms with Gasteiger partial charge in [-0.05, 0) is 38.1 Å². The minimum atomic E-state index is -0.310. The second-order valence-electron chi connectivity index (χ2n) is 6.27. The molecule has 0 spiro atoms. The lowest BCUT2D eigenvalue weighted by Gasteiger charge is -2.23. The predicted molar refractivity (Wildman–Crippen MR) is 92.9 cm³/mol. The lowest BCUT2D eigenvalue weighted by molar-refractivity contribution is 0.237. The fraction of sp³-hybridized carbons (Fsp3) is 0.500. The Bertz CT molecular complexity index is 683. The maximum atomic E-state index is 13.4. The Morgan fingerprint density at radius 2 is 2.08 bits per heavy atom. The summed E-state index contributed by atoms with van der Waals surface area (Å²) in [6, 6.07) is 6.65. The van der Waals surface area contributed by atoms with Gasteiger partial charge in [-0.25, -0.2) is 9.07 Å². The summed E-state index contributed by atoms with van der Waals surface area (Å²) in [6.45, 7) is 0.921. The van der Waals surface area contributed by atoms with Crippen LogP contribution in [0.4, 0.5) is 4.39 Å². The molecular formula is C18H23ClFN3O. The third kappa shape index (κ3) is 4.08. The third-order valence-corrected chi connectivity index (χ3v) is 4.78. The minimum absolute atomic E-state index is 0.230. The summed E-state index contributed by atoms with van der Waals surface area (Å²) in [4.78, 5) is 0. The number of nitrogens with zero attached hydrogens (tertiary/aromatic N) is 2. The molecule has 2 aromatic rings. The molecule has 1 aliphatic carbocycles. The highest BCUT2D eigenvalue weighted by molar-refractivity contribution is 6.31. The van der Waals surface area contributed by atoms with Crippen LogP contribution >= 0.6 is 11.6 Å². The van der Waals surface area contributed by atoms with Gasteiger partial charge in [-0.15, -0.1) is 0 Å². The first-order valence-corrected chi connectivity index (χ1v) is 8.85.